The van der Waals surface area contributed by atoms with E-state index in [0.717, 1.165) is 0 Å². The molecule has 0 heterocycles. The third-order valence-corrected chi connectivity index (χ3v) is 1.75. The van der Waals surface area contributed by atoms with E-state index in [1.165, 1.54) is 19.0 Å². The van der Waals surface area contributed by atoms with Gasteiger partial charge in [-0.3, -0.25) is 15.0 Å². The zero-order valence-electron chi connectivity index (χ0n) is 7.65. The number of thiol groups is 1. The molecular weight excluding hydrogens is 192 g/mol. The summed E-state index contributed by atoms with van der Waals surface area (Å²) in [4.78, 5) is 21.3. The maximum Gasteiger partial charge on any atom is 0.322 e. The molecule has 0 aromatic carbocycles. The summed E-state index contributed by atoms with van der Waals surface area (Å²) in [5.41, 5.74) is 2.39. The lowest BCUT2D eigenvalue weighted by molar-refractivity contribution is -0.145. The number of carbonyl (C=O) groups excluding carboxylic acids is 1. The Hall–Kier alpha value is -0.750. The van der Waals surface area contributed by atoms with E-state index in [4.69, 9.17) is 5.11 Å². The number of carboxylic acid groups (broad SMARTS) is 1. The van der Waals surface area contributed by atoms with Crippen molar-refractivity contribution in [2.24, 2.45) is 0 Å². The Labute approximate surface area is 82.5 Å². The molecule has 0 bridgehead atoms. The topological polar surface area (TPSA) is 69.6 Å². The molecule has 0 aliphatic carbocycles. The lowest BCUT2D eigenvalue weighted by atomic mass is 10.2. The second-order valence-electron chi connectivity index (χ2n) is 2.65. The molecule has 0 spiro atoms. The Morgan fingerprint density at radius 3 is 2.46 bits per heavy atom. The molecular formula is C7H14N2O3S. The molecule has 0 unspecified atom stereocenters. The van der Waals surface area contributed by atoms with Crippen LogP contribution in [0.3, 0.4) is 0 Å². The van der Waals surface area contributed by atoms with Crippen LogP contribution in [0.25, 0.3) is 0 Å². The van der Waals surface area contributed by atoms with Crippen LogP contribution in [0.4, 0.5) is 0 Å². The Bertz CT molecular complexity index is 198. The van der Waals surface area contributed by atoms with Crippen molar-refractivity contribution in [2.75, 3.05) is 12.8 Å². The molecule has 0 saturated heterocycles. The van der Waals surface area contributed by atoms with Crippen LogP contribution in [0.2, 0.25) is 0 Å². The molecule has 1 amide bonds. The summed E-state index contributed by atoms with van der Waals surface area (Å²) in [6, 6.07) is -0.721. The number of carbonyl (C=O) groups is 2. The zero-order chi connectivity index (χ0) is 10.4. The molecule has 0 aromatic rings. The van der Waals surface area contributed by atoms with Crippen molar-refractivity contribution >= 4 is 24.5 Å². The van der Waals surface area contributed by atoms with Crippen LogP contribution in [-0.2, 0) is 9.59 Å². The van der Waals surface area contributed by atoms with Gasteiger partial charge in [0.15, 0.2) is 0 Å². The number of hydrogen-bond donors (Lipinski definition) is 3. The predicted molar refractivity (Wildman–Crippen MR) is 51.5 cm³/mol. The van der Waals surface area contributed by atoms with Crippen molar-refractivity contribution in [3.8, 4) is 0 Å². The van der Waals surface area contributed by atoms with Gasteiger partial charge < -0.3 is 5.11 Å². The average Bonchev–Trinajstić information content (AvgIpc) is 1.97. The van der Waals surface area contributed by atoms with Crippen LogP contribution < -0.4 is 5.43 Å². The van der Waals surface area contributed by atoms with Crippen molar-refractivity contribution < 1.29 is 14.7 Å². The number of hydrazine groups is 1. The molecule has 1 atom stereocenters. The van der Waals surface area contributed by atoms with Crippen molar-refractivity contribution in [3.63, 3.8) is 0 Å². The van der Waals surface area contributed by atoms with E-state index in [-0.39, 0.29) is 5.91 Å². The van der Waals surface area contributed by atoms with Gasteiger partial charge in [0, 0.05) is 14.0 Å². The van der Waals surface area contributed by atoms with Crippen molar-refractivity contribution in [3.05, 3.63) is 0 Å². The summed E-state index contributed by atoms with van der Waals surface area (Å²) in [6.45, 7) is 1.33. The first-order chi connectivity index (χ1) is 5.99. The minimum Gasteiger partial charge on any atom is -0.480 e. The van der Waals surface area contributed by atoms with Gasteiger partial charge in [-0.05, 0) is 12.2 Å². The summed E-state index contributed by atoms with van der Waals surface area (Å²) < 4.78 is 0. The van der Waals surface area contributed by atoms with Gasteiger partial charge in [0.25, 0.3) is 0 Å². The molecule has 0 aliphatic rings. The number of rotatable bonds is 5. The zero-order valence-corrected chi connectivity index (χ0v) is 8.54. The number of likely N-dealkylation sites (N-methyl/N-ethyl adjacent to an activating group) is 1. The van der Waals surface area contributed by atoms with Gasteiger partial charge >= 0.3 is 5.97 Å². The molecule has 0 fully saturated rings. The summed E-state index contributed by atoms with van der Waals surface area (Å²) in [7, 11) is 1.52. The minimum atomic E-state index is -0.967. The SMILES string of the molecule is CC(=O)NN(C)[C@@H](CCS)C(=O)O. The monoisotopic (exact) mass is 206 g/mol. The highest BCUT2D eigenvalue weighted by Crippen LogP contribution is 2.01. The molecule has 76 valence electrons. The maximum absolute atomic E-state index is 10.7. The fraction of sp³-hybridized carbons (Fsp3) is 0.714. The van der Waals surface area contributed by atoms with Gasteiger partial charge in [-0.25, -0.2) is 5.01 Å². The molecule has 6 heteroatoms. The van der Waals surface area contributed by atoms with E-state index in [1.54, 1.807) is 0 Å². The van der Waals surface area contributed by atoms with Gasteiger partial charge in [0.2, 0.25) is 5.91 Å². The highest BCUT2D eigenvalue weighted by atomic mass is 32.1. The number of carboxylic acids is 1. The van der Waals surface area contributed by atoms with Crippen LogP contribution in [-0.4, -0.2) is 40.8 Å². The van der Waals surface area contributed by atoms with Crippen molar-refractivity contribution in [1.29, 1.82) is 0 Å². The van der Waals surface area contributed by atoms with E-state index >= 15 is 0 Å². The fourth-order valence-corrected chi connectivity index (χ4v) is 1.18. The molecule has 0 saturated carbocycles. The van der Waals surface area contributed by atoms with Crippen LogP contribution in [0, 0.1) is 0 Å². The second kappa shape index (κ2) is 5.82. The number of aliphatic carboxylic acids is 1. The van der Waals surface area contributed by atoms with Crippen LogP contribution in [0.15, 0.2) is 0 Å². The smallest absolute Gasteiger partial charge is 0.322 e. The number of hydrogen-bond acceptors (Lipinski definition) is 4. The molecule has 0 rings (SSSR count). The number of amides is 1. The Morgan fingerprint density at radius 1 is 1.62 bits per heavy atom. The summed E-state index contributed by atoms with van der Waals surface area (Å²) >= 11 is 3.94. The Kier molecular flexibility index (Phi) is 5.48. The summed E-state index contributed by atoms with van der Waals surface area (Å²) in [5, 5.41) is 10.0. The van der Waals surface area contributed by atoms with Gasteiger partial charge in [0.1, 0.15) is 6.04 Å². The van der Waals surface area contributed by atoms with Gasteiger partial charge in [-0.2, -0.15) is 12.6 Å². The summed E-state index contributed by atoms with van der Waals surface area (Å²) in [6.07, 6.45) is 0.384. The average molecular weight is 206 g/mol. The Morgan fingerprint density at radius 2 is 2.15 bits per heavy atom. The second-order valence-corrected chi connectivity index (χ2v) is 3.09. The lowest BCUT2D eigenvalue weighted by Crippen LogP contribution is -2.48. The van der Waals surface area contributed by atoms with E-state index in [9.17, 15) is 9.59 Å². The van der Waals surface area contributed by atoms with Crippen molar-refractivity contribution in [1.82, 2.24) is 10.4 Å². The van der Waals surface area contributed by atoms with Gasteiger partial charge in [-0.1, -0.05) is 0 Å². The van der Waals surface area contributed by atoms with E-state index in [0.29, 0.717) is 12.2 Å². The van der Waals surface area contributed by atoms with E-state index < -0.39 is 12.0 Å². The third-order valence-electron chi connectivity index (χ3n) is 1.49. The number of nitrogens with one attached hydrogen (secondary N) is 1. The van der Waals surface area contributed by atoms with Crippen LogP contribution in [0.5, 0.6) is 0 Å². The third kappa shape index (κ3) is 4.74. The molecule has 0 aromatic heterocycles. The molecule has 2 N–H and O–H groups in total. The Balaban J connectivity index is 4.18. The highest BCUT2D eigenvalue weighted by Gasteiger charge is 2.21. The van der Waals surface area contributed by atoms with Crippen LogP contribution in [0.1, 0.15) is 13.3 Å². The normalized spacial score (nSPS) is 12.6. The molecule has 0 radical (unpaired) electrons. The largest absolute Gasteiger partial charge is 0.480 e. The highest BCUT2D eigenvalue weighted by molar-refractivity contribution is 7.80. The fourth-order valence-electron chi connectivity index (χ4n) is 0.931. The van der Waals surface area contributed by atoms with Gasteiger partial charge in [0.05, 0.1) is 0 Å². The first kappa shape index (κ1) is 12.2. The van der Waals surface area contributed by atoms with Crippen LogP contribution >= 0.6 is 12.6 Å². The molecule has 0 aliphatic heterocycles. The van der Waals surface area contributed by atoms with E-state index in [1.807, 2.05) is 0 Å². The lowest BCUT2D eigenvalue weighted by Gasteiger charge is -2.23. The minimum absolute atomic E-state index is 0.284. The van der Waals surface area contributed by atoms with Crippen molar-refractivity contribution in [2.45, 2.75) is 19.4 Å². The first-order valence-corrected chi connectivity index (χ1v) is 4.46. The van der Waals surface area contributed by atoms with Gasteiger partial charge in [-0.15, -0.1) is 0 Å². The quantitative estimate of drug-likeness (QED) is 0.428. The van der Waals surface area contributed by atoms with E-state index in [2.05, 4.69) is 18.1 Å². The predicted octanol–water partition coefficient (Wildman–Crippen LogP) is -0.258. The first-order valence-electron chi connectivity index (χ1n) is 3.82. The maximum atomic E-state index is 10.7. The number of nitrogens with zero attached hydrogens (tertiary/aromatic N) is 1. The molecule has 13 heavy (non-hydrogen) atoms. The summed E-state index contributed by atoms with van der Waals surface area (Å²) in [5.74, 6) is -0.792. The molecule has 5 nitrogen and oxygen atoms in total. The standard InChI is InChI=1S/C7H14N2O3S/c1-5(10)8-9(2)6(3-4-13)7(11)12/h6,13H,3-4H2,1-2H3,(H,8,10)(H,11,12)/t6-/m0/s1.